The molecule has 3 rings (SSSR count). The maximum Gasteiger partial charge on any atom is 0.230 e. The van der Waals surface area contributed by atoms with Crippen molar-refractivity contribution < 1.29 is 9.53 Å². The van der Waals surface area contributed by atoms with Gasteiger partial charge in [0.25, 0.3) is 0 Å². The van der Waals surface area contributed by atoms with Crippen molar-refractivity contribution in [1.29, 1.82) is 0 Å². The average molecular weight is 323 g/mol. The minimum absolute atomic E-state index is 0.0908. The summed E-state index contributed by atoms with van der Waals surface area (Å²) >= 11 is 0. The maximum absolute atomic E-state index is 13.1. The summed E-state index contributed by atoms with van der Waals surface area (Å²) in [7, 11) is 1.66. The second-order valence-corrected chi connectivity index (χ2v) is 6.78. The number of para-hydroxylation sites is 1. The van der Waals surface area contributed by atoms with Crippen molar-refractivity contribution in [3.05, 3.63) is 65.2 Å². The monoisotopic (exact) mass is 323 g/mol. The summed E-state index contributed by atoms with van der Waals surface area (Å²) in [5.41, 5.74) is 3.00. The lowest BCUT2D eigenvalue weighted by Gasteiger charge is -2.35. The van der Waals surface area contributed by atoms with Crippen molar-refractivity contribution in [1.82, 2.24) is 5.32 Å². The smallest absolute Gasteiger partial charge is 0.230 e. The van der Waals surface area contributed by atoms with Gasteiger partial charge in [-0.1, -0.05) is 42.5 Å². The van der Waals surface area contributed by atoms with Crippen molar-refractivity contribution in [3.63, 3.8) is 0 Å². The number of hydrogen-bond donors (Lipinski definition) is 1. The van der Waals surface area contributed by atoms with Crippen LogP contribution in [0.5, 0.6) is 5.75 Å². The number of fused-ring (bicyclic) bond motifs is 1. The van der Waals surface area contributed by atoms with Crippen LogP contribution in [0, 0.1) is 0 Å². The molecule has 24 heavy (non-hydrogen) atoms. The number of carbonyl (C=O) groups is 1. The number of hydrogen-bond acceptors (Lipinski definition) is 2. The van der Waals surface area contributed by atoms with E-state index in [1.54, 1.807) is 7.11 Å². The zero-order chi connectivity index (χ0) is 17.2. The average Bonchev–Trinajstić information content (AvgIpc) is 2.62. The maximum atomic E-state index is 13.1. The van der Waals surface area contributed by atoms with Crippen LogP contribution in [-0.4, -0.2) is 13.0 Å². The molecule has 0 aliphatic heterocycles. The third-order valence-corrected chi connectivity index (χ3v) is 5.19. The van der Waals surface area contributed by atoms with Gasteiger partial charge in [-0.05, 0) is 50.3 Å². The van der Waals surface area contributed by atoms with E-state index in [9.17, 15) is 4.79 Å². The Morgan fingerprint density at radius 2 is 1.88 bits per heavy atom. The molecule has 2 aromatic rings. The van der Waals surface area contributed by atoms with E-state index in [0.29, 0.717) is 0 Å². The number of aryl methyl sites for hydroxylation is 1. The molecule has 0 radical (unpaired) electrons. The zero-order valence-corrected chi connectivity index (χ0v) is 14.6. The van der Waals surface area contributed by atoms with Gasteiger partial charge in [-0.15, -0.1) is 0 Å². The van der Waals surface area contributed by atoms with Crippen LogP contribution in [0.1, 0.15) is 49.4 Å². The van der Waals surface area contributed by atoms with Crippen LogP contribution < -0.4 is 10.1 Å². The molecule has 3 nitrogen and oxygen atoms in total. The Kier molecular flexibility index (Phi) is 4.61. The normalized spacial score (nSPS) is 20.8. The van der Waals surface area contributed by atoms with Gasteiger partial charge in [-0.3, -0.25) is 4.79 Å². The summed E-state index contributed by atoms with van der Waals surface area (Å²) in [5.74, 6) is 0.896. The number of ether oxygens (including phenoxy) is 1. The van der Waals surface area contributed by atoms with Gasteiger partial charge in [0.15, 0.2) is 0 Å². The molecule has 3 heteroatoms. The van der Waals surface area contributed by atoms with Gasteiger partial charge in [-0.2, -0.15) is 0 Å². The Morgan fingerprint density at radius 3 is 2.67 bits per heavy atom. The van der Waals surface area contributed by atoms with E-state index in [2.05, 4.69) is 30.4 Å². The van der Waals surface area contributed by atoms with Gasteiger partial charge in [0.05, 0.1) is 18.6 Å². The van der Waals surface area contributed by atoms with E-state index in [1.807, 2.05) is 37.3 Å². The van der Waals surface area contributed by atoms with Gasteiger partial charge < -0.3 is 10.1 Å². The van der Waals surface area contributed by atoms with Crippen LogP contribution in [-0.2, 0) is 16.6 Å². The molecule has 126 valence electrons. The van der Waals surface area contributed by atoms with Gasteiger partial charge in [-0.25, -0.2) is 0 Å². The Morgan fingerprint density at radius 1 is 1.17 bits per heavy atom. The zero-order valence-electron chi connectivity index (χ0n) is 14.6. The molecule has 1 amide bonds. The van der Waals surface area contributed by atoms with E-state index < -0.39 is 5.41 Å². The molecule has 1 N–H and O–H groups in total. The molecule has 1 aliphatic carbocycles. The molecule has 1 aliphatic rings. The van der Waals surface area contributed by atoms with E-state index >= 15 is 0 Å². The van der Waals surface area contributed by atoms with Gasteiger partial charge >= 0.3 is 0 Å². The first-order valence-electron chi connectivity index (χ1n) is 8.58. The first-order valence-corrected chi connectivity index (χ1v) is 8.58. The first kappa shape index (κ1) is 16.6. The molecular weight excluding hydrogens is 298 g/mol. The predicted molar refractivity (Wildman–Crippen MR) is 96.3 cm³/mol. The summed E-state index contributed by atoms with van der Waals surface area (Å²) in [4.78, 5) is 13.1. The van der Waals surface area contributed by atoms with E-state index in [-0.39, 0.29) is 11.9 Å². The van der Waals surface area contributed by atoms with Gasteiger partial charge in [0, 0.05) is 5.56 Å². The molecule has 0 bridgehead atoms. The van der Waals surface area contributed by atoms with Crippen molar-refractivity contribution in [2.24, 2.45) is 0 Å². The molecule has 0 aromatic heterocycles. The van der Waals surface area contributed by atoms with Crippen molar-refractivity contribution >= 4 is 5.91 Å². The highest BCUT2D eigenvalue weighted by molar-refractivity contribution is 5.88. The summed E-state index contributed by atoms with van der Waals surface area (Å²) in [5, 5.41) is 3.20. The number of benzene rings is 2. The number of methoxy groups -OCH3 is 1. The van der Waals surface area contributed by atoms with Crippen LogP contribution in [0.15, 0.2) is 48.5 Å². The number of nitrogens with one attached hydrogen (secondary N) is 1. The summed E-state index contributed by atoms with van der Waals surface area (Å²) in [6, 6.07) is 16.1. The second-order valence-electron chi connectivity index (χ2n) is 6.78. The second kappa shape index (κ2) is 6.68. The Balaban J connectivity index is 1.85. The van der Waals surface area contributed by atoms with Crippen LogP contribution in [0.3, 0.4) is 0 Å². The fourth-order valence-corrected chi connectivity index (χ4v) is 3.74. The standard InChI is InChI=1S/C21H25NO2/c1-15(17-11-5-7-13-19(17)24-3)22-20(23)21(2)14-8-10-16-9-4-6-12-18(16)21/h4-7,9,11-13,15H,8,10,14H2,1-3H3,(H,22,23)/t15-,21?/m1/s1. The molecule has 1 unspecified atom stereocenters. The van der Waals surface area contributed by atoms with Crippen molar-refractivity contribution in [2.45, 2.75) is 44.6 Å². The quantitative estimate of drug-likeness (QED) is 0.917. The third kappa shape index (κ3) is 2.91. The molecule has 2 aromatic carbocycles. The fraction of sp³-hybridized carbons (Fsp3) is 0.381. The molecule has 0 heterocycles. The number of rotatable bonds is 4. The summed E-state index contributed by atoms with van der Waals surface area (Å²) in [6.07, 6.45) is 2.99. The first-order chi connectivity index (χ1) is 11.6. The van der Waals surface area contributed by atoms with Crippen molar-refractivity contribution in [2.75, 3.05) is 7.11 Å². The topological polar surface area (TPSA) is 38.3 Å². The largest absolute Gasteiger partial charge is 0.496 e. The van der Waals surface area contributed by atoms with E-state index in [0.717, 1.165) is 30.6 Å². The molecule has 0 saturated carbocycles. The Labute approximate surface area is 144 Å². The van der Waals surface area contributed by atoms with E-state index in [4.69, 9.17) is 4.74 Å². The number of carbonyl (C=O) groups excluding carboxylic acids is 1. The van der Waals surface area contributed by atoms with Crippen LogP contribution in [0.2, 0.25) is 0 Å². The minimum Gasteiger partial charge on any atom is -0.496 e. The molecular formula is C21H25NO2. The predicted octanol–water partition coefficient (Wildman–Crippen LogP) is 4.17. The van der Waals surface area contributed by atoms with Crippen LogP contribution in [0.25, 0.3) is 0 Å². The summed E-state index contributed by atoms with van der Waals surface area (Å²) in [6.45, 7) is 4.07. The minimum atomic E-state index is -0.467. The van der Waals surface area contributed by atoms with Crippen LogP contribution >= 0.6 is 0 Å². The highest BCUT2D eigenvalue weighted by Gasteiger charge is 2.39. The summed E-state index contributed by atoms with van der Waals surface area (Å²) < 4.78 is 5.42. The molecule has 2 atom stereocenters. The highest BCUT2D eigenvalue weighted by Crippen LogP contribution is 2.38. The molecule has 0 saturated heterocycles. The lowest BCUT2D eigenvalue weighted by Crippen LogP contribution is -2.45. The number of amides is 1. The Bertz CT molecular complexity index is 740. The van der Waals surface area contributed by atoms with Crippen LogP contribution in [0.4, 0.5) is 0 Å². The lowest BCUT2D eigenvalue weighted by molar-refractivity contribution is -0.127. The highest BCUT2D eigenvalue weighted by atomic mass is 16.5. The van der Waals surface area contributed by atoms with E-state index in [1.165, 1.54) is 11.1 Å². The fourth-order valence-electron chi connectivity index (χ4n) is 3.74. The van der Waals surface area contributed by atoms with Gasteiger partial charge in [0.2, 0.25) is 5.91 Å². The van der Waals surface area contributed by atoms with Gasteiger partial charge in [0.1, 0.15) is 5.75 Å². The third-order valence-electron chi connectivity index (χ3n) is 5.19. The molecule has 0 spiro atoms. The lowest BCUT2D eigenvalue weighted by atomic mass is 9.70. The SMILES string of the molecule is COc1ccccc1[C@@H](C)NC(=O)C1(C)CCCc2ccccc21. The van der Waals surface area contributed by atoms with Crippen molar-refractivity contribution in [3.8, 4) is 5.75 Å². The Hall–Kier alpha value is -2.29. The molecule has 0 fully saturated rings.